The summed E-state index contributed by atoms with van der Waals surface area (Å²) in [5.74, 6) is 0.376. The Hall–Kier alpha value is -1.72. The molecule has 23 heavy (non-hydrogen) atoms. The first-order valence-electron chi connectivity index (χ1n) is 7.88. The van der Waals surface area contributed by atoms with Crippen molar-refractivity contribution in [2.24, 2.45) is 11.7 Å². The van der Waals surface area contributed by atoms with Crippen molar-refractivity contribution in [1.29, 1.82) is 0 Å². The normalized spacial score (nSPS) is 13.8. The molecule has 5 heteroatoms. The number of nitrogens with two attached hydrogens (primary N) is 1. The molecule has 124 valence electrons. The molecule has 4 nitrogen and oxygen atoms in total. The van der Waals surface area contributed by atoms with Gasteiger partial charge < -0.3 is 11.1 Å². The first-order chi connectivity index (χ1) is 10.8. The number of aryl methyl sites for hydroxylation is 1. The van der Waals surface area contributed by atoms with Gasteiger partial charge in [-0.1, -0.05) is 26.0 Å². The van der Waals surface area contributed by atoms with E-state index in [0.29, 0.717) is 18.0 Å². The number of aromatic nitrogens is 1. The lowest BCUT2D eigenvalue weighted by Crippen LogP contribution is -2.52. The van der Waals surface area contributed by atoms with E-state index in [1.807, 2.05) is 43.5 Å². The Labute approximate surface area is 142 Å². The maximum Gasteiger partial charge on any atom is 0.251 e. The van der Waals surface area contributed by atoms with Crippen LogP contribution in [-0.4, -0.2) is 23.0 Å². The number of carbonyl (C=O) groups excluding carboxylic acids is 1. The van der Waals surface area contributed by atoms with Gasteiger partial charge in [-0.3, -0.25) is 4.79 Å². The summed E-state index contributed by atoms with van der Waals surface area (Å²) in [6.45, 7) is 8.65. The summed E-state index contributed by atoms with van der Waals surface area (Å²) in [5.41, 5.74) is 7.99. The Morgan fingerprint density at radius 1 is 1.43 bits per heavy atom. The van der Waals surface area contributed by atoms with E-state index >= 15 is 0 Å². The van der Waals surface area contributed by atoms with E-state index in [1.54, 1.807) is 11.3 Å². The molecular weight excluding hydrogens is 306 g/mol. The van der Waals surface area contributed by atoms with Crippen LogP contribution in [0.4, 0.5) is 0 Å². The Morgan fingerprint density at radius 2 is 2.17 bits per heavy atom. The number of hydrogen-bond acceptors (Lipinski definition) is 4. The predicted molar refractivity (Wildman–Crippen MR) is 96.7 cm³/mol. The average molecular weight is 331 g/mol. The minimum Gasteiger partial charge on any atom is -0.346 e. The molecule has 0 radical (unpaired) electrons. The van der Waals surface area contributed by atoms with Gasteiger partial charge in [0.25, 0.3) is 5.91 Å². The van der Waals surface area contributed by atoms with E-state index < -0.39 is 5.54 Å². The molecule has 1 unspecified atom stereocenters. The molecule has 1 atom stereocenters. The van der Waals surface area contributed by atoms with Crippen molar-refractivity contribution in [1.82, 2.24) is 10.3 Å². The predicted octanol–water partition coefficient (Wildman–Crippen LogP) is 3.61. The highest BCUT2D eigenvalue weighted by molar-refractivity contribution is 7.09. The van der Waals surface area contributed by atoms with Gasteiger partial charge in [-0.15, -0.1) is 11.3 Å². The van der Waals surface area contributed by atoms with Crippen LogP contribution in [0.2, 0.25) is 0 Å². The van der Waals surface area contributed by atoms with E-state index in [4.69, 9.17) is 5.73 Å². The van der Waals surface area contributed by atoms with Crippen molar-refractivity contribution in [3.63, 3.8) is 0 Å². The summed E-state index contributed by atoms with van der Waals surface area (Å²) >= 11 is 1.61. The van der Waals surface area contributed by atoms with Crippen molar-refractivity contribution in [2.45, 2.75) is 39.7 Å². The Balaban J connectivity index is 2.19. The van der Waals surface area contributed by atoms with Gasteiger partial charge in [0.2, 0.25) is 0 Å². The van der Waals surface area contributed by atoms with E-state index in [0.717, 1.165) is 22.7 Å². The number of hydrogen-bond donors (Lipinski definition) is 2. The molecule has 0 spiro atoms. The quantitative estimate of drug-likeness (QED) is 0.849. The van der Waals surface area contributed by atoms with Crippen molar-refractivity contribution >= 4 is 17.2 Å². The third kappa shape index (κ3) is 4.62. The molecule has 1 aromatic carbocycles. The van der Waals surface area contributed by atoms with Crippen LogP contribution in [0.5, 0.6) is 0 Å². The molecule has 1 amide bonds. The minimum atomic E-state index is -0.390. The Kier molecular flexibility index (Phi) is 5.55. The van der Waals surface area contributed by atoms with Crippen LogP contribution in [0, 0.1) is 12.8 Å². The Morgan fingerprint density at radius 3 is 2.74 bits per heavy atom. The number of nitrogens with one attached hydrogen (secondary N) is 1. The summed E-state index contributed by atoms with van der Waals surface area (Å²) in [7, 11) is 0. The largest absolute Gasteiger partial charge is 0.346 e. The summed E-state index contributed by atoms with van der Waals surface area (Å²) < 4.78 is 0. The molecule has 0 aliphatic rings. The third-order valence-corrected chi connectivity index (χ3v) is 4.54. The number of amides is 1. The standard InChI is InChI=1S/C18H25N3OS/c1-12(2)9-18(4,11-19)21-17(22)15-7-5-6-14(8-15)16-10-23-13(3)20-16/h5-8,10,12H,9,11,19H2,1-4H3,(H,21,22). The highest BCUT2D eigenvalue weighted by atomic mass is 32.1. The van der Waals surface area contributed by atoms with Gasteiger partial charge in [0.05, 0.1) is 10.7 Å². The van der Waals surface area contributed by atoms with Crippen LogP contribution in [0.25, 0.3) is 11.3 Å². The number of carbonyl (C=O) groups is 1. The van der Waals surface area contributed by atoms with E-state index in [-0.39, 0.29) is 5.91 Å². The maximum atomic E-state index is 12.6. The molecule has 0 aliphatic heterocycles. The van der Waals surface area contributed by atoms with Gasteiger partial charge in [0, 0.05) is 28.6 Å². The fraction of sp³-hybridized carbons (Fsp3) is 0.444. The first-order valence-corrected chi connectivity index (χ1v) is 8.76. The summed E-state index contributed by atoms with van der Waals surface area (Å²) in [6, 6.07) is 7.57. The molecule has 3 N–H and O–H groups in total. The van der Waals surface area contributed by atoms with Crippen molar-refractivity contribution in [3.8, 4) is 11.3 Å². The zero-order valence-electron chi connectivity index (χ0n) is 14.2. The van der Waals surface area contributed by atoms with Crippen LogP contribution in [0.1, 0.15) is 42.6 Å². The fourth-order valence-electron chi connectivity index (χ4n) is 2.75. The SMILES string of the molecule is Cc1nc(-c2cccc(C(=O)NC(C)(CN)CC(C)C)c2)cs1. The molecule has 0 aliphatic carbocycles. The van der Waals surface area contributed by atoms with Crippen LogP contribution in [-0.2, 0) is 0 Å². The zero-order valence-corrected chi connectivity index (χ0v) is 15.0. The average Bonchev–Trinajstić information content (AvgIpc) is 2.93. The molecule has 0 saturated heterocycles. The monoisotopic (exact) mass is 331 g/mol. The van der Waals surface area contributed by atoms with Crippen molar-refractivity contribution < 1.29 is 4.79 Å². The third-order valence-electron chi connectivity index (χ3n) is 3.76. The van der Waals surface area contributed by atoms with E-state index in [9.17, 15) is 4.79 Å². The smallest absolute Gasteiger partial charge is 0.251 e. The maximum absolute atomic E-state index is 12.6. The number of nitrogens with zero attached hydrogens (tertiary/aromatic N) is 1. The topological polar surface area (TPSA) is 68.0 Å². The summed E-state index contributed by atoms with van der Waals surface area (Å²) in [5, 5.41) is 6.12. The minimum absolute atomic E-state index is 0.0904. The molecule has 0 bridgehead atoms. The summed E-state index contributed by atoms with van der Waals surface area (Å²) in [4.78, 5) is 17.1. The zero-order chi connectivity index (χ0) is 17.0. The van der Waals surface area contributed by atoms with Crippen molar-refractivity contribution in [3.05, 3.63) is 40.2 Å². The molecule has 2 rings (SSSR count). The molecule has 2 aromatic rings. The van der Waals surface area contributed by atoms with Crippen LogP contribution in [0.3, 0.4) is 0 Å². The van der Waals surface area contributed by atoms with E-state index in [2.05, 4.69) is 24.1 Å². The molecule has 0 saturated carbocycles. The van der Waals surface area contributed by atoms with Crippen LogP contribution < -0.4 is 11.1 Å². The number of benzene rings is 1. The lowest BCUT2D eigenvalue weighted by atomic mass is 9.90. The van der Waals surface area contributed by atoms with Gasteiger partial charge in [-0.05, 0) is 38.3 Å². The van der Waals surface area contributed by atoms with Crippen LogP contribution in [0.15, 0.2) is 29.6 Å². The van der Waals surface area contributed by atoms with Gasteiger partial charge in [-0.2, -0.15) is 0 Å². The van der Waals surface area contributed by atoms with Gasteiger partial charge >= 0.3 is 0 Å². The lowest BCUT2D eigenvalue weighted by molar-refractivity contribution is 0.0898. The first kappa shape index (κ1) is 17.6. The molecule has 0 fully saturated rings. The number of rotatable bonds is 6. The van der Waals surface area contributed by atoms with Crippen molar-refractivity contribution in [2.75, 3.05) is 6.54 Å². The number of thiazole rings is 1. The lowest BCUT2D eigenvalue weighted by Gasteiger charge is -2.31. The second-order valence-electron chi connectivity index (χ2n) is 6.65. The summed E-state index contributed by atoms with van der Waals surface area (Å²) in [6.07, 6.45) is 0.847. The van der Waals surface area contributed by atoms with Gasteiger partial charge in [0.15, 0.2) is 0 Å². The second kappa shape index (κ2) is 7.23. The highest BCUT2D eigenvalue weighted by Crippen LogP contribution is 2.23. The van der Waals surface area contributed by atoms with E-state index in [1.165, 1.54) is 0 Å². The Bertz CT molecular complexity index is 680. The van der Waals surface area contributed by atoms with Gasteiger partial charge in [-0.25, -0.2) is 4.98 Å². The highest BCUT2D eigenvalue weighted by Gasteiger charge is 2.26. The van der Waals surface area contributed by atoms with Crippen LogP contribution >= 0.6 is 11.3 Å². The fourth-order valence-corrected chi connectivity index (χ4v) is 3.37. The molecule has 1 aromatic heterocycles. The molecule has 1 heterocycles. The second-order valence-corrected chi connectivity index (χ2v) is 7.71. The molecular formula is C18H25N3OS. The van der Waals surface area contributed by atoms with Gasteiger partial charge in [0.1, 0.15) is 0 Å².